The first-order valence-corrected chi connectivity index (χ1v) is 6.09. The molecule has 0 fully saturated rings. The highest BCUT2D eigenvalue weighted by Crippen LogP contribution is 2.23. The Kier molecular flexibility index (Phi) is 5.04. The number of anilines is 1. The van der Waals surface area contributed by atoms with E-state index in [0.29, 0.717) is 12.2 Å². The first kappa shape index (κ1) is 11.9. The van der Waals surface area contributed by atoms with E-state index >= 15 is 0 Å². The Morgan fingerprint density at radius 2 is 2.20 bits per heavy atom. The number of methoxy groups -OCH3 is 1. The molecule has 1 aromatic carbocycles. The summed E-state index contributed by atoms with van der Waals surface area (Å²) in [7, 11) is 1.59. The predicted molar refractivity (Wildman–Crippen MR) is 64.6 cm³/mol. The Bertz CT molecular complexity index is 328. The molecule has 1 aromatic rings. The highest BCUT2D eigenvalue weighted by atomic mass is 32.2. The van der Waals surface area contributed by atoms with Gasteiger partial charge in [0.1, 0.15) is 5.75 Å². The van der Waals surface area contributed by atoms with Gasteiger partial charge in [-0.25, -0.2) is 0 Å². The summed E-state index contributed by atoms with van der Waals surface area (Å²) < 4.78 is 5.13. The Morgan fingerprint density at radius 1 is 1.47 bits per heavy atom. The molecular weight excluding hydrogens is 210 g/mol. The molecule has 1 rings (SSSR count). The summed E-state index contributed by atoms with van der Waals surface area (Å²) in [5.41, 5.74) is 0.728. The standard InChI is InChI=1S/C11H15NO2S/c1-14-10-6-4-3-5-9(10)12-11(13)7-8-15-2/h3-6H,7-8H2,1-2H3,(H,12,13). The highest BCUT2D eigenvalue weighted by Gasteiger charge is 2.05. The number of carbonyl (C=O) groups is 1. The van der Waals surface area contributed by atoms with Gasteiger partial charge in [-0.3, -0.25) is 4.79 Å². The quantitative estimate of drug-likeness (QED) is 0.836. The predicted octanol–water partition coefficient (Wildman–Crippen LogP) is 2.39. The van der Waals surface area contributed by atoms with E-state index in [2.05, 4.69) is 5.32 Å². The Morgan fingerprint density at radius 3 is 2.87 bits per heavy atom. The molecule has 3 nitrogen and oxygen atoms in total. The van der Waals surface area contributed by atoms with E-state index in [1.807, 2.05) is 30.5 Å². The minimum absolute atomic E-state index is 0.0221. The largest absolute Gasteiger partial charge is 0.495 e. The number of carbonyl (C=O) groups excluding carboxylic acids is 1. The van der Waals surface area contributed by atoms with Gasteiger partial charge >= 0.3 is 0 Å². The summed E-state index contributed by atoms with van der Waals surface area (Å²) in [6, 6.07) is 7.39. The molecule has 0 aliphatic rings. The van der Waals surface area contributed by atoms with Crippen molar-refractivity contribution in [2.75, 3.05) is 24.4 Å². The van der Waals surface area contributed by atoms with Crippen LogP contribution in [0.1, 0.15) is 6.42 Å². The van der Waals surface area contributed by atoms with E-state index in [1.165, 1.54) is 0 Å². The van der Waals surface area contributed by atoms with Crippen LogP contribution in [0.25, 0.3) is 0 Å². The zero-order valence-electron chi connectivity index (χ0n) is 8.95. The van der Waals surface area contributed by atoms with Crippen molar-refractivity contribution in [3.63, 3.8) is 0 Å². The molecule has 0 atom stereocenters. The van der Waals surface area contributed by atoms with Gasteiger partial charge in [-0.2, -0.15) is 11.8 Å². The van der Waals surface area contributed by atoms with Crippen molar-refractivity contribution in [1.29, 1.82) is 0 Å². The summed E-state index contributed by atoms with van der Waals surface area (Å²) in [6.45, 7) is 0. The van der Waals surface area contributed by atoms with E-state index in [-0.39, 0.29) is 5.91 Å². The van der Waals surface area contributed by atoms with E-state index in [1.54, 1.807) is 18.9 Å². The SMILES string of the molecule is COc1ccccc1NC(=O)CCSC. The van der Waals surface area contributed by atoms with Crippen molar-refractivity contribution in [1.82, 2.24) is 0 Å². The third kappa shape index (κ3) is 3.83. The molecule has 15 heavy (non-hydrogen) atoms. The molecule has 1 N–H and O–H groups in total. The lowest BCUT2D eigenvalue weighted by molar-refractivity contribution is -0.115. The molecule has 82 valence electrons. The number of para-hydroxylation sites is 2. The van der Waals surface area contributed by atoms with Crippen molar-refractivity contribution < 1.29 is 9.53 Å². The Hall–Kier alpha value is -1.16. The van der Waals surface area contributed by atoms with Crippen LogP contribution in [0.3, 0.4) is 0 Å². The first-order valence-electron chi connectivity index (χ1n) is 4.69. The Labute approximate surface area is 94.2 Å². The van der Waals surface area contributed by atoms with E-state index < -0.39 is 0 Å². The average molecular weight is 225 g/mol. The maximum Gasteiger partial charge on any atom is 0.225 e. The molecule has 0 aliphatic heterocycles. The fourth-order valence-corrected chi connectivity index (χ4v) is 1.54. The average Bonchev–Trinajstić information content (AvgIpc) is 2.27. The molecule has 0 radical (unpaired) electrons. The Balaban J connectivity index is 2.59. The van der Waals surface area contributed by atoms with Gasteiger partial charge in [-0.1, -0.05) is 12.1 Å². The summed E-state index contributed by atoms with van der Waals surface area (Å²) >= 11 is 1.66. The molecule has 0 heterocycles. The summed E-state index contributed by atoms with van der Waals surface area (Å²) in [4.78, 5) is 11.5. The molecule has 0 bridgehead atoms. The van der Waals surface area contributed by atoms with E-state index in [0.717, 1.165) is 11.4 Å². The zero-order valence-corrected chi connectivity index (χ0v) is 9.76. The van der Waals surface area contributed by atoms with Gasteiger partial charge in [0.25, 0.3) is 0 Å². The van der Waals surface area contributed by atoms with Crippen LogP contribution >= 0.6 is 11.8 Å². The number of hydrogen-bond donors (Lipinski definition) is 1. The number of thioether (sulfide) groups is 1. The van der Waals surface area contributed by atoms with E-state index in [9.17, 15) is 4.79 Å². The van der Waals surface area contributed by atoms with Crippen LogP contribution in [-0.2, 0) is 4.79 Å². The van der Waals surface area contributed by atoms with Crippen molar-refractivity contribution in [3.8, 4) is 5.75 Å². The second-order valence-electron chi connectivity index (χ2n) is 2.99. The molecule has 4 heteroatoms. The summed E-state index contributed by atoms with van der Waals surface area (Å²) in [6.07, 6.45) is 2.51. The van der Waals surface area contributed by atoms with Gasteiger partial charge in [0, 0.05) is 12.2 Å². The number of ether oxygens (including phenoxy) is 1. The molecule has 0 saturated carbocycles. The van der Waals surface area contributed by atoms with Crippen LogP contribution in [0.5, 0.6) is 5.75 Å². The number of amides is 1. The number of rotatable bonds is 5. The lowest BCUT2D eigenvalue weighted by Crippen LogP contribution is -2.12. The van der Waals surface area contributed by atoms with Crippen molar-refractivity contribution in [2.24, 2.45) is 0 Å². The topological polar surface area (TPSA) is 38.3 Å². The fourth-order valence-electron chi connectivity index (χ4n) is 1.16. The van der Waals surface area contributed by atoms with Crippen LogP contribution in [0.4, 0.5) is 5.69 Å². The second-order valence-corrected chi connectivity index (χ2v) is 3.98. The van der Waals surface area contributed by atoms with Crippen molar-refractivity contribution >= 4 is 23.4 Å². The molecule has 0 saturated heterocycles. The monoisotopic (exact) mass is 225 g/mol. The van der Waals surface area contributed by atoms with Gasteiger partial charge < -0.3 is 10.1 Å². The highest BCUT2D eigenvalue weighted by molar-refractivity contribution is 7.98. The third-order valence-corrected chi connectivity index (χ3v) is 2.53. The first-order chi connectivity index (χ1) is 7.27. The summed E-state index contributed by atoms with van der Waals surface area (Å²) in [5.74, 6) is 1.55. The van der Waals surface area contributed by atoms with Crippen LogP contribution < -0.4 is 10.1 Å². The van der Waals surface area contributed by atoms with Gasteiger partial charge in [-0.15, -0.1) is 0 Å². The van der Waals surface area contributed by atoms with Crippen molar-refractivity contribution in [2.45, 2.75) is 6.42 Å². The van der Waals surface area contributed by atoms with E-state index in [4.69, 9.17) is 4.74 Å². The minimum Gasteiger partial charge on any atom is -0.495 e. The molecule has 0 aromatic heterocycles. The van der Waals surface area contributed by atoms with Gasteiger partial charge in [0.15, 0.2) is 0 Å². The molecule has 0 unspecified atom stereocenters. The maximum atomic E-state index is 11.5. The summed E-state index contributed by atoms with van der Waals surface area (Å²) in [5, 5.41) is 2.82. The van der Waals surface area contributed by atoms with Crippen LogP contribution in [-0.4, -0.2) is 25.0 Å². The van der Waals surface area contributed by atoms with Crippen molar-refractivity contribution in [3.05, 3.63) is 24.3 Å². The normalized spacial score (nSPS) is 9.73. The fraction of sp³-hybridized carbons (Fsp3) is 0.364. The number of hydrogen-bond acceptors (Lipinski definition) is 3. The lowest BCUT2D eigenvalue weighted by atomic mass is 10.3. The van der Waals surface area contributed by atoms with Crippen LogP contribution in [0.15, 0.2) is 24.3 Å². The zero-order chi connectivity index (χ0) is 11.1. The molecule has 0 aliphatic carbocycles. The maximum absolute atomic E-state index is 11.5. The van der Waals surface area contributed by atoms with Gasteiger partial charge in [-0.05, 0) is 18.4 Å². The molecule has 1 amide bonds. The van der Waals surface area contributed by atoms with Gasteiger partial charge in [0.05, 0.1) is 12.8 Å². The van der Waals surface area contributed by atoms with Crippen LogP contribution in [0.2, 0.25) is 0 Å². The molecular formula is C11H15NO2S. The number of benzene rings is 1. The molecule has 0 spiro atoms. The van der Waals surface area contributed by atoms with Crippen LogP contribution in [0, 0.1) is 0 Å². The van der Waals surface area contributed by atoms with Gasteiger partial charge in [0.2, 0.25) is 5.91 Å². The third-order valence-electron chi connectivity index (χ3n) is 1.91. The second kappa shape index (κ2) is 6.35. The lowest BCUT2D eigenvalue weighted by Gasteiger charge is -2.09. The smallest absolute Gasteiger partial charge is 0.225 e. The number of nitrogens with one attached hydrogen (secondary N) is 1. The minimum atomic E-state index is 0.0221.